The summed E-state index contributed by atoms with van der Waals surface area (Å²) in [4.78, 5) is 23.2. The zero-order valence-electron chi connectivity index (χ0n) is 12.9. The molecule has 0 aromatic carbocycles. The van der Waals surface area contributed by atoms with Crippen molar-refractivity contribution in [2.45, 2.75) is 53.0 Å². The van der Waals surface area contributed by atoms with E-state index in [1.165, 1.54) is 6.07 Å². The number of carboxylic acid groups (broad SMARTS) is 1. The summed E-state index contributed by atoms with van der Waals surface area (Å²) in [5.41, 5.74) is 0.371. The lowest BCUT2D eigenvalue weighted by Gasteiger charge is -2.34. The highest BCUT2D eigenvalue weighted by atomic mass is 16.4. The summed E-state index contributed by atoms with van der Waals surface area (Å²) in [7, 11) is 0. The van der Waals surface area contributed by atoms with E-state index in [1.807, 2.05) is 0 Å². The number of nitrogens with one attached hydrogen (secondary N) is 1. The third-order valence-electron chi connectivity index (χ3n) is 4.21. The molecule has 1 atom stereocenters. The van der Waals surface area contributed by atoms with Crippen LogP contribution in [0.2, 0.25) is 0 Å². The van der Waals surface area contributed by atoms with Gasteiger partial charge in [0, 0.05) is 5.92 Å². The summed E-state index contributed by atoms with van der Waals surface area (Å²) >= 11 is 0. The lowest BCUT2D eigenvalue weighted by Crippen LogP contribution is -2.35. The molecule has 0 spiro atoms. The molecule has 1 fully saturated rings. The molecular formula is C16H23NO4. The van der Waals surface area contributed by atoms with Crippen molar-refractivity contribution < 1.29 is 19.1 Å². The molecule has 1 unspecified atom stereocenters. The van der Waals surface area contributed by atoms with Crippen LogP contribution in [0.3, 0.4) is 0 Å². The Morgan fingerprint density at radius 3 is 2.76 bits per heavy atom. The van der Waals surface area contributed by atoms with Gasteiger partial charge < -0.3 is 14.8 Å². The van der Waals surface area contributed by atoms with Crippen molar-refractivity contribution in [2.75, 3.05) is 0 Å². The number of rotatable bonds is 4. The first-order valence-corrected chi connectivity index (χ1v) is 7.39. The average Bonchev–Trinajstić information content (AvgIpc) is 2.76. The zero-order chi connectivity index (χ0) is 15.6. The van der Waals surface area contributed by atoms with Crippen molar-refractivity contribution in [3.63, 3.8) is 0 Å². The van der Waals surface area contributed by atoms with E-state index >= 15 is 0 Å². The van der Waals surface area contributed by atoms with Crippen LogP contribution in [0.4, 0.5) is 0 Å². The average molecular weight is 293 g/mol. The maximum Gasteiger partial charge on any atom is 0.339 e. The van der Waals surface area contributed by atoms with Crippen molar-refractivity contribution in [1.82, 2.24) is 5.32 Å². The predicted octanol–water partition coefficient (Wildman–Crippen LogP) is 3.12. The van der Waals surface area contributed by atoms with Gasteiger partial charge in [0.1, 0.15) is 17.1 Å². The monoisotopic (exact) mass is 293 g/mol. The van der Waals surface area contributed by atoms with Crippen LogP contribution in [0.1, 0.15) is 61.4 Å². The topological polar surface area (TPSA) is 79.5 Å². The van der Waals surface area contributed by atoms with Gasteiger partial charge in [0.15, 0.2) is 0 Å². The van der Waals surface area contributed by atoms with E-state index < -0.39 is 5.97 Å². The first kappa shape index (κ1) is 15.6. The van der Waals surface area contributed by atoms with Crippen molar-refractivity contribution in [3.05, 3.63) is 23.2 Å². The van der Waals surface area contributed by atoms with Gasteiger partial charge in [0.05, 0.1) is 6.54 Å². The van der Waals surface area contributed by atoms with E-state index in [4.69, 9.17) is 9.52 Å². The number of furan rings is 1. The molecule has 2 rings (SSSR count). The van der Waals surface area contributed by atoms with E-state index in [9.17, 15) is 9.59 Å². The molecule has 1 aromatic rings. The Balaban J connectivity index is 1.92. The molecule has 1 heterocycles. The Kier molecular flexibility index (Phi) is 4.40. The quantitative estimate of drug-likeness (QED) is 0.894. The fourth-order valence-electron chi connectivity index (χ4n) is 3.08. The number of carbonyl (C=O) groups excluding carboxylic acids is 1. The maximum absolute atomic E-state index is 12.2. The first-order valence-electron chi connectivity index (χ1n) is 7.39. The fourth-order valence-corrected chi connectivity index (χ4v) is 3.08. The Labute approximate surface area is 124 Å². The van der Waals surface area contributed by atoms with Crippen molar-refractivity contribution in [2.24, 2.45) is 11.3 Å². The summed E-state index contributed by atoms with van der Waals surface area (Å²) in [6, 6.07) is 1.47. The minimum Gasteiger partial charge on any atom is -0.478 e. The molecule has 0 aliphatic heterocycles. The van der Waals surface area contributed by atoms with Gasteiger partial charge in [0.25, 0.3) is 0 Å². The number of carbonyl (C=O) groups is 2. The molecule has 0 radical (unpaired) electrons. The fraction of sp³-hybridized carbons (Fsp3) is 0.625. The standard InChI is InChI=1S/C16H23NO4/c1-10-13(15(19)20)7-12(21-10)9-17-14(18)11-5-4-6-16(2,3)8-11/h7,11H,4-6,8-9H2,1-3H3,(H,17,18)(H,19,20). The minimum atomic E-state index is -1.01. The van der Waals surface area contributed by atoms with Crippen molar-refractivity contribution in [1.29, 1.82) is 0 Å². The second-order valence-electron chi connectivity index (χ2n) is 6.66. The van der Waals surface area contributed by atoms with E-state index in [1.54, 1.807) is 6.92 Å². The number of carboxylic acids is 1. The molecule has 21 heavy (non-hydrogen) atoms. The molecule has 1 aliphatic carbocycles. The molecule has 1 aliphatic rings. The number of hydrogen-bond donors (Lipinski definition) is 2. The predicted molar refractivity (Wildman–Crippen MR) is 78.0 cm³/mol. The molecule has 0 bridgehead atoms. The van der Waals surface area contributed by atoms with Crippen LogP contribution in [0, 0.1) is 18.3 Å². The number of aryl methyl sites for hydroxylation is 1. The van der Waals surface area contributed by atoms with Crippen LogP contribution in [0.25, 0.3) is 0 Å². The lowest BCUT2D eigenvalue weighted by atomic mass is 9.72. The van der Waals surface area contributed by atoms with Gasteiger partial charge >= 0.3 is 5.97 Å². The molecule has 1 saturated carbocycles. The summed E-state index contributed by atoms with van der Waals surface area (Å²) in [6.07, 6.45) is 4.06. The molecule has 1 amide bonds. The summed E-state index contributed by atoms with van der Waals surface area (Å²) in [5, 5.41) is 11.8. The molecular weight excluding hydrogens is 270 g/mol. The van der Waals surface area contributed by atoms with Gasteiger partial charge in [-0.25, -0.2) is 4.79 Å². The molecule has 5 nitrogen and oxygen atoms in total. The highest BCUT2D eigenvalue weighted by Gasteiger charge is 2.31. The summed E-state index contributed by atoms with van der Waals surface area (Å²) < 4.78 is 5.36. The Hall–Kier alpha value is -1.78. The summed E-state index contributed by atoms with van der Waals surface area (Å²) in [5.74, 6) is -0.0841. The molecule has 5 heteroatoms. The zero-order valence-corrected chi connectivity index (χ0v) is 12.9. The van der Waals surface area contributed by atoms with Gasteiger partial charge in [-0.15, -0.1) is 0 Å². The van der Waals surface area contributed by atoms with E-state index in [0.29, 0.717) is 11.5 Å². The molecule has 2 N–H and O–H groups in total. The van der Waals surface area contributed by atoms with Crippen molar-refractivity contribution >= 4 is 11.9 Å². The molecule has 1 aromatic heterocycles. The van der Waals surface area contributed by atoms with Crippen LogP contribution < -0.4 is 5.32 Å². The largest absolute Gasteiger partial charge is 0.478 e. The Morgan fingerprint density at radius 2 is 2.19 bits per heavy atom. The minimum absolute atomic E-state index is 0.0358. The van der Waals surface area contributed by atoms with Crippen LogP contribution in [-0.2, 0) is 11.3 Å². The number of hydrogen-bond acceptors (Lipinski definition) is 3. The molecule has 0 saturated heterocycles. The first-order chi connectivity index (χ1) is 9.78. The van der Waals surface area contributed by atoms with Gasteiger partial charge in [-0.3, -0.25) is 4.79 Å². The van der Waals surface area contributed by atoms with Crippen molar-refractivity contribution in [3.8, 4) is 0 Å². The summed E-state index contributed by atoms with van der Waals surface area (Å²) in [6.45, 7) is 6.24. The van der Waals surface area contributed by atoms with Crippen LogP contribution >= 0.6 is 0 Å². The van der Waals surface area contributed by atoms with Gasteiger partial charge in [-0.05, 0) is 37.7 Å². The van der Waals surface area contributed by atoms with Crippen LogP contribution in [0.5, 0.6) is 0 Å². The molecule has 116 valence electrons. The van der Waals surface area contributed by atoms with Crippen LogP contribution in [-0.4, -0.2) is 17.0 Å². The SMILES string of the molecule is Cc1oc(CNC(=O)C2CCCC(C)(C)C2)cc1C(=O)O. The van der Waals surface area contributed by atoms with E-state index in [-0.39, 0.29) is 29.3 Å². The normalized spacial score (nSPS) is 21.0. The number of aromatic carboxylic acids is 1. The third-order valence-corrected chi connectivity index (χ3v) is 4.21. The smallest absolute Gasteiger partial charge is 0.339 e. The lowest BCUT2D eigenvalue weighted by molar-refractivity contribution is -0.127. The van der Waals surface area contributed by atoms with E-state index in [2.05, 4.69) is 19.2 Å². The Bertz CT molecular complexity index is 544. The van der Waals surface area contributed by atoms with Crippen LogP contribution in [0.15, 0.2) is 10.5 Å². The van der Waals surface area contributed by atoms with E-state index in [0.717, 1.165) is 25.7 Å². The Morgan fingerprint density at radius 1 is 1.48 bits per heavy atom. The number of amides is 1. The highest BCUT2D eigenvalue weighted by molar-refractivity contribution is 5.88. The second kappa shape index (κ2) is 5.92. The maximum atomic E-state index is 12.2. The van der Waals surface area contributed by atoms with Gasteiger partial charge in [-0.1, -0.05) is 20.3 Å². The van der Waals surface area contributed by atoms with Gasteiger partial charge in [0.2, 0.25) is 5.91 Å². The van der Waals surface area contributed by atoms with Gasteiger partial charge in [-0.2, -0.15) is 0 Å². The third kappa shape index (κ3) is 3.86. The second-order valence-corrected chi connectivity index (χ2v) is 6.66. The highest BCUT2D eigenvalue weighted by Crippen LogP contribution is 2.38.